The second-order valence-electron chi connectivity index (χ2n) is 9.81. The molecule has 0 bridgehead atoms. The summed E-state index contributed by atoms with van der Waals surface area (Å²) in [4.78, 5) is 0. The average Bonchev–Trinajstić information content (AvgIpc) is 2.80. The molecular formula is C30H43Cl. The van der Waals surface area contributed by atoms with E-state index in [0.717, 1.165) is 23.8 Å². The molecule has 0 atom stereocenters. The Morgan fingerprint density at radius 3 is 2.03 bits per heavy atom. The zero-order valence-electron chi connectivity index (χ0n) is 20.0. The summed E-state index contributed by atoms with van der Waals surface area (Å²) in [6.07, 6.45) is 18.2. The lowest BCUT2D eigenvalue weighted by molar-refractivity contribution is 0.303. The molecule has 1 aliphatic carbocycles. The maximum absolute atomic E-state index is 6.94. The van der Waals surface area contributed by atoms with Crippen LogP contribution < -0.4 is 0 Å². The van der Waals surface area contributed by atoms with Crippen molar-refractivity contribution in [2.45, 2.75) is 110 Å². The first-order valence-corrected chi connectivity index (χ1v) is 13.4. The van der Waals surface area contributed by atoms with E-state index in [1.54, 1.807) is 0 Å². The lowest BCUT2D eigenvalue weighted by Gasteiger charge is -2.29. The highest BCUT2D eigenvalue weighted by Crippen LogP contribution is 2.41. The molecular weight excluding hydrogens is 396 g/mol. The normalized spacial score (nSPS) is 18.9. The zero-order chi connectivity index (χ0) is 21.9. The lowest BCUT2D eigenvalue weighted by Crippen LogP contribution is -2.14. The second kappa shape index (κ2) is 13.3. The third kappa shape index (κ3) is 7.67. The van der Waals surface area contributed by atoms with E-state index in [9.17, 15) is 0 Å². The first-order valence-electron chi connectivity index (χ1n) is 13.1. The van der Waals surface area contributed by atoms with Crippen molar-refractivity contribution in [3.63, 3.8) is 0 Å². The number of unbranched alkanes of at least 4 members (excludes halogenated alkanes) is 4. The fourth-order valence-corrected chi connectivity index (χ4v) is 5.66. The Labute approximate surface area is 196 Å². The summed E-state index contributed by atoms with van der Waals surface area (Å²) >= 11 is 6.94. The van der Waals surface area contributed by atoms with Gasteiger partial charge in [0.1, 0.15) is 0 Å². The summed E-state index contributed by atoms with van der Waals surface area (Å²) in [6, 6.07) is 16.0. The van der Waals surface area contributed by atoms with Gasteiger partial charge in [-0.15, -0.1) is 0 Å². The SMILES string of the molecule is CCCCCc1ccc(CCc2cccc([C@H]3CC[C@H](CCCCC)CC3)c2Cl)cc1. The van der Waals surface area contributed by atoms with E-state index in [4.69, 9.17) is 11.6 Å². The van der Waals surface area contributed by atoms with Crippen LogP contribution in [0.15, 0.2) is 42.5 Å². The van der Waals surface area contributed by atoms with Crippen LogP contribution in [0.2, 0.25) is 5.02 Å². The molecule has 0 heterocycles. The van der Waals surface area contributed by atoms with Crippen LogP contribution in [0.5, 0.6) is 0 Å². The monoisotopic (exact) mass is 438 g/mol. The molecule has 170 valence electrons. The molecule has 3 rings (SSSR count). The Morgan fingerprint density at radius 2 is 1.35 bits per heavy atom. The van der Waals surface area contributed by atoms with E-state index >= 15 is 0 Å². The summed E-state index contributed by atoms with van der Waals surface area (Å²) in [5, 5.41) is 1.05. The van der Waals surface area contributed by atoms with Crippen LogP contribution in [-0.4, -0.2) is 0 Å². The van der Waals surface area contributed by atoms with E-state index in [1.165, 1.54) is 99.3 Å². The Bertz CT molecular complexity index is 752. The predicted molar refractivity (Wildman–Crippen MR) is 137 cm³/mol. The van der Waals surface area contributed by atoms with Crippen LogP contribution in [0, 0.1) is 5.92 Å². The molecule has 1 aliphatic rings. The van der Waals surface area contributed by atoms with E-state index in [0.29, 0.717) is 5.92 Å². The molecule has 0 amide bonds. The molecule has 0 N–H and O–H groups in total. The van der Waals surface area contributed by atoms with Crippen molar-refractivity contribution in [2.24, 2.45) is 5.92 Å². The number of halogens is 1. The van der Waals surface area contributed by atoms with Crippen LogP contribution in [-0.2, 0) is 19.3 Å². The molecule has 2 aromatic carbocycles. The van der Waals surface area contributed by atoms with E-state index in [2.05, 4.69) is 56.3 Å². The minimum atomic E-state index is 0.664. The van der Waals surface area contributed by atoms with Crippen molar-refractivity contribution in [2.75, 3.05) is 0 Å². The second-order valence-corrected chi connectivity index (χ2v) is 10.2. The number of benzene rings is 2. The molecule has 0 aromatic heterocycles. The minimum Gasteiger partial charge on any atom is -0.0837 e. The van der Waals surface area contributed by atoms with Gasteiger partial charge < -0.3 is 0 Å². The first-order chi connectivity index (χ1) is 15.2. The van der Waals surface area contributed by atoms with Crippen molar-refractivity contribution < 1.29 is 0 Å². The highest BCUT2D eigenvalue weighted by atomic mass is 35.5. The highest BCUT2D eigenvalue weighted by Gasteiger charge is 2.24. The van der Waals surface area contributed by atoms with Gasteiger partial charge in [0.15, 0.2) is 0 Å². The van der Waals surface area contributed by atoms with Crippen LogP contribution in [0.3, 0.4) is 0 Å². The standard InChI is InChI=1S/C30H43Cl/c1-3-5-7-10-24-14-16-26(17-15-24)20-23-28-12-9-13-29(30(28)31)27-21-18-25(19-22-27)11-8-6-4-2/h9,12-17,25,27H,3-8,10-11,18-23H2,1-2H3/t25-,27-. The maximum Gasteiger partial charge on any atom is 0.0472 e. The molecule has 0 radical (unpaired) electrons. The van der Waals surface area contributed by atoms with Crippen LogP contribution in [0.25, 0.3) is 0 Å². The number of rotatable bonds is 12. The van der Waals surface area contributed by atoms with Crippen molar-refractivity contribution in [1.29, 1.82) is 0 Å². The molecule has 0 nitrogen and oxygen atoms in total. The molecule has 1 fully saturated rings. The predicted octanol–water partition coefficient (Wildman–Crippen LogP) is 9.71. The van der Waals surface area contributed by atoms with Crippen molar-refractivity contribution in [3.05, 3.63) is 69.7 Å². The first kappa shape index (κ1) is 24.4. The number of hydrogen-bond acceptors (Lipinski definition) is 0. The van der Waals surface area contributed by atoms with E-state index in [1.807, 2.05) is 0 Å². The molecule has 1 heteroatoms. The van der Waals surface area contributed by atoms with Crippen molar-refractivity contribution in [1.82, 2.24) is 0 Å². The molecule has 0 aliphatic heterocycles. The van der Waals surface area contributed by atoms with Gasteiger partial charge in [-0.2, -0.15) is 0 Å². The van der Waals surface area contributed by atoms with Crippen LogP contribution in [0.4, 0.5) is 0 Å². The van der Waals surface area contributed by atoms with E-state index < -0.39 is 0 Å². The maximum atomic E-state index is 6.94. The minimum absolute atomic E-state index is 0.664. The van der Waals surface area contributed by atoms with E-state index in [-0.39, 0.29) is 0 Å². The number of hydrogen-bond donors (Lipinski definition) is 0. The van der Waals surface area contributed by atoms with Crippen LogP contribution in [0.1, 0.15) is 113 Å². The smallest absolute Gasteiger partial charge is 0.0472 e. The van der Waals surface area contributed by atoms with Gasteiger partial charge >= 0.3 is 0 Å². The Kier molecular flexibility index (Phi) is 10.5. The quantitative estimate of drug-likeness (QED) is 0.289. The van der Waals surface area contributed by atoms with Crippen LogP contribution >= 0.6 is 11.6 Å². The Balaban J connectivity index is 1.52. The highest BCUT2D eigenvalue weighted by molar-refractivity contribution is 6.32. The van der Waals surface area contributed by atoms with Gasteiger partial charge in [0, 0.05) is 5.02 Å². The summed E-state index contributed by atoms with van der Waals surface area (Å²) in [7, 11) is 0. The third-order valence-electron chi connectivity index (χ3n) is 7.39. The molecule has 2 aromatic rings. The van der Waals surface area contributed by atoms with Gasteiger partial charge in [-0.05, 0) is 85.5 Å². The average molecular weight is 439 g/mol. The largest absolute Gasteiger partial charge is 0.0837 e. The van der Waals surface area contributed by atoms with Crippen molar-refractivity contribution in [3.8, 4) is 0 Å². The fraction of sp³-hybridized carbons (Fsp3) is 0.600. The molecule has 0 saturated heterocycles. The number of aryl methyl sites for hydroxylation is 3. The van der Waals surface area contributed by atoms with Gasteiger partial charge in [0.25, 0.3) is 0 Å². The van der Waals surface area contributed by atoms with Crippen molar-refractivity contribution >= 4 is 11.6 Å². The molecule has 0 unspecified atom stereocenters. The van der Waals surface area contributed by atoms with Gasteiger partial charge in [-0.3, -0.25) is 0 Å². The Morgan fingerprint density at radius 1 is 0.710 bits per heavy atom. The fourth-order valence-electron chi connectivity index (χ4n) is 5.28. The summed E-state index contributed by atoms with van der Waals surface area (Å²) < 4.78 is 0. The summed E-state index contributed by atoms with van der Waals surface area (Å²) in [5.41, 5.74) is 5.64. The van der Waals surface area contributed by atoms with Gasteiger partial charge in [0.05, 0.1) is 0 Å². The Hall–Kier alpha value is -1.27. The zero-order valence-corrected chi connectivity index (χ0v) is 20.7. The van der Waals surface area contributed by atoms with Gasteiger partial charge in [0.2, 0.25) is 0 Å². The molecule has 0 spiro atoms. The molecule has 1 saturated carbocycles. The topological polar surface area (TPSA) is 0 Å². The summed E-state index contributed by atoms with van der Waals surface area (Å²) in [6.45, 7) is 4.57. The summed E-state index contributed by atoms with van der Waals surface area (Å²) in [5.74, 6) is 1.62. The van der Waals surface area contributed by atoms with Gasteiger partial charge in [-0.1, -0.05) is 106 Å². The molecule has 31 heavy (non-hydrogen) atoms. The van der Waals surface area contributed by atoms with Gasteiger partial charge in [-0.25, -0.2) is 0 Å². The lowest BCUT2D eigenvalue weighted by atomic mass is 9.76. The third-order valence-corrected chi connectivity index (χ3v) is 7.85.